The second kappa shape index (κ2) is 4.25. The van der Waals surface area contributed by atoms with Crippen molar-refractivity contribution in [3.63, 3.8) is 0 Å². The molecule has 0 aromatic carbocycles. The van der Waals surface area contributed by atoms with Crippen LogP contribution in [-0.4, -0.2) is 46.3 Å². The lowest BCUT2D eigenvalue weighted by atomic mass is 9.99. The molecule has 4 unspecified atom stereocenters. The molecule has 0 saturated carbocycles. The van der Waals surface area contributed by atoms with Crippen LogP contribution >= 0.6 is 0 Å². The number of carbonyl (C=O) groups excluding carboxylic acids is 1. The van der Waals surface area contributed by atoms with E-state index in [0.29, 0.717) is 0 Å². The SMILES string of the molecule is CC1CCC(C(=O)N2C3CCC2CC(O)C3)O1. The highest BCUT2D eigenvalue weighted by atomic mass is 16.5. The molecule has 17 heavy (non-hydrogen) atoms. The van der Waals surface area contributed by atoms with Crippen molar-refractivity contribution in [2.75, 3.05) is 0 Å². The zero-order valence-corrected chi connectivity index (χ0v) is 10.3. The number of aliphatic hydroxyl groups excluding tert-OH is 1. The minimum absolute atomic E-state index is 0.175. The smallest absolute Gasteiger partial charge is 0.252 e. The molecule has 4 nitrogen and oxygen atoms in total. The highest BCUT2D eigenvalue weighted by Crippen LogP contribution is 2.37. The van der Waals surface area contributed by atoms with Gasteiger partial charge < -0.3 is 14.7 Å². The molecule has 1 N–H and O–H groups in total. The summed E-state index contributed by atoms with van der Waals surface area (Å²) < 4.78 is 5.67. The fourth-order valence-corrected chi connectivity index (χ4v) is 3.66. The first-order valence-corrected chi connectivity index (χ1v) is 6.81. The average Bonchev–Trinajstić information content (AvgIpc) is 2.81. The topological polar surface area (TPSA) is 49.8 Å². The van der Waals surface area contributed by atoms with Gasteiger partial charge in [0, 0.05) is 12.1 Å². The molecule has 2 bridgehead atoms. The van der Waals surface area contributed by atoms with Crippen molar-refractivity contribution in [2.24, 2.45) is 0 Å². The summed E-state index contributed by atoms with van der Waals surface area (Å²) in [5, 5.41) is 9.73. The Balaban J connectivity index is 1.70. The van der Waals surface area contributed by atoms with Crippen LogP contribution in [0.3, 0.4) is 0 Å². The Hall–Kier alpha value is -0.610. The van der Waals surface area contributed by atoms with Crippen LogP contribution in [0.5, 0.6) is 0 Å². The van der Waals surface area contributed by atoms with Crippen molar-refractivity contribution in [2.45, 2.75) is 75.8 Å². The molecule has 96 valence electrons. The number of carbonyl (C=O) groups is 1. The van der Waals surface area contributed by atoms with Gasteiger partial charge in [-0.15, -0.1) is 0 Å². The summed E-state index contributed by atoms with van der Waals surface area (Å²) in [6, 6.07) is 0.520. The van der Waals surface area contributed by atoms with Gasteiger partial charge in [0.25, 0.3) is 5.91 Å². The van der Waals surface area contributed by atoms with E-state index in [-0.39, 0.29) is 36.3 Å². The van der Waals surface area contributed by atoms with E-state index in [1.807, 2.05) is 11.8 Å². The van der Waals surface area contributed by atoms with Crippen LogP contribution < -0.4 is 0 Å². The monoisotopic (exact) mass is 239 g/mol. The quantitative estimate of drug-likeness (QED) is 0.744. The summed E-state index contributed by atoms with van der Waals surface area (Å²) in [7, 11) is 0. The van der Waals surface area contributed by atoms with Crippen LogP contribution in [0, 0.1) is 0 Å². The number of amides is 1. The average molecular weight is 239 g/mol. The number of rotatable bonds is 1. The van der Waals surface area contributed by atoms with E-state index in [0.717, 1.165) is 38.5 Å². The van der Waals surface area contributed by atoms with E-state index in [9.17, 15) is 9.90 Å². The van der Waals surface area contributed by atoms with Gasteiger partial charge in [0.05, 0.1) is 12.2 Å². The largest absolute Gasteiger partial charge is 0.393 e. The van der Waals surface area contributed by atoms with Gasteiger partial charge >= 0.3 is 0 Å². The summed E-state index contributed by atoms with van der Waals surface area (Å²) in [5.41, 5.74) is 0. The normalized spacial score (nSPS) is 45.3. The molecule has 0 spiro atoms. The van der Waals surface area contributed by atoms with Crippen LogP contribution in [-0.2, 0) is 9.53 Å². The summed E-state index contributed by atoms with van der Waals surface area (Å²) in [6.45, 7) is 2.03. The van der Waals surface area contributed by atoms with Gasteiger partial charge in [-0.05, 0) is 45.4 Å². The van der Waals surface area contributed by atoms with Gasteiger partial charge in [-0.2, -0.15) is 0 Å². The van der Waals surface area contributed by atoms with Crippen molar-refractivity contribution >= 4 is 5.91 Å². The summed E-state index contributed by atoms with van der Waals surface area (Å²) in [5.74, 6) is 0.175. The number of hydrogen-bond acceptors (Lipinski definition) is 3. The van der Waals surface area contributed by atoms with E-state index in [4.69, 9.17) is 4.74 Å². The minimum atomic E-state index is -0.219. The zero-order chi connectivity index (χ0) is 12.0. The number of nitrogens with zero attached hydrogens (tertiary/aromatic N) is 1. The fourth-order valence-electron chi connectivity index (χ4n) is 3.66. The van der Waals surface area contributed by atoms with Gasteiger partial charge in [0.15, 0.2) is 0 Å². The van der Waals surface area contributed by atoms with E-state index >= 15 is 0 Å². The molecular formula is C13H21NO3. The fraction of sp³-hybridized carbons (Fsp3) is 0.923. The first-order valence-electron chi connectivity index (χ1n) is 6.81. The highest BCUT2D eigenvalue weighted by Gasteiger charge is 2.45. The maximum absolute atomic E-state index is 12.4. The molecular weight excluding hydrogens is 218 g/mol. The summed E-state index contributed by atoms with van der Waals surface area (Å²) in [6.07, 6.45) is 5.25. The van der Waals surface area contributed by atoms with Crippen molar-refractivity contribution in [1.29, 1.82) is 0 Å². The van der Waals surface area contributed by atoms with Crippen molar-refractivity contribution in [1.82, 2.24) is 4.90 Å². The molecule has 0 radical (unpaired) electrons. The maximum atomic E-state index is 12.4. The first kappa shape index (κ1) is 11.5. The molecule has 4 heteroatoms. The Kier molecular flexibility index (Phi) is 2.87. The van der Waals surface area contributed by atoms with Crippen LogP contribution in [0.1, 0.15) is 45.4 Å². The lowest BCUT2D eigenvalue weighted by molar-refractivity contribution is -0.148. The third-order valence-electron chi connectivity index (χ3n) is 4.47. The maximum Gasteiger partial charge on any atom is 0.252 e. The van der Waals surface area contributed by atoms with Crippen LogP contribution in [0.4, 0.5) is 0 Å². The Morgan fingerprint density at radius 3 is 2.35 bits per heavy atom. The van der Waals surface area contributed by atoms with Crippen LogP contribution in [0.25, 0.3) is 0 Å². The third kappa shape index (κ3) is 1.97. The van der Waals surface area contributed by atoms with Crippen LogP contribution in [0.2, 0.25) is 0 Å². The first-order chi connectivity index (χ1) is 8.15. The molecule has 0 aromatic heterocycles. The lowest BCUT2D eigenvalue weighted by Crippen LogP contribution is -2.51. The number of piperidine rings is 1. The number of hydrogen-bond donors (Lipinski definition) is 1. The Bertz CT molecular complexity index is 306. The Morgan fingerprint density at radius 2 is 1.82 bits per heavy atom. The summed E-state index contributed by atoms with van der Waals surface area (Å²) in [4.78, 5) is 14.5. The van der Waals surface area contributed by atoms with Gasteiger partial charge in [-0.1, -0.05) is 0 Å². The third-order valence-corrected chi connectivity index (χ3v) is 4.47. The predicted molar refractivity (Wildman–Crippen MR) is 62.5 cm³/mol. The molecule has 3 aliphatic rings. The van der Waals surface area contributed by atoms with E-state index in [1.165, 1.54) is 0 Å². The second-order valence-corrected chi connectivity index (χ2v) is 5.77. The van der Waals surface area contributed by atoms with E-state index < -0.39 is 0 Å². The molecule has 3 aliphatic heterocycles. The van der Waals surface area contributed by atoms with Crippen LogP contribution in [0.15, 0.2) is 0 Å². The molecule has 4 atom stereocenters. The zero-order valence-electron chi connectivity index (χ0n) is 10.3. The predicted octanol–water partition coefficient (Wildman–Crippen LogP) is 1.07. The van der Waals surface area contributed by atoms with Crippen molar-refractivity contribution < 1.29 is 14.6 Å². The minimum Gasteiger partial charge on any atom is -0.393 e. The Morgan fingerprint density at radius 1 is 1.18 bits per heavy atom. The molecule has 1 amide bonds. The number of fused-ring (bicyclic) bond motifs is 2. The van der Waals surface area contributed by atoms with E-state index in [2.05, 4.69) is 0 Å². The van der Waals surface area contributed by atoms with Crippen molar-refractivity contribution in [3.8, 4) is 0 Å². The van der Waals surface area contributed by atoms with E-state index in [1.54, 1.807) is 0 Å². The number of aliphatic hydroxyl groups is 1. The molecule has 3 rings (SSSR count). The molecule has 0 aliphatic carbocycles. The second-order valence-electron chi connectivity index (χ2n) is 5.77. The van der Waals surface area contributed by atoms with Gasteiger partial charge in [0.2, 0.25) is 0 Å². The molecule has 3 heterocycles. The lowest BCUT2D eigenvalue weighted by Gasteiger charge is -2.38. The van der Waals surface area contributed by atoms with Gasteiger partial charge in [0.1, 0.15) is 6.10 Å². The van der Waals surface area contributed by atoms with Gasteiger partial charge in [-0.25, -0.2) is 0 Å². The number of ether oxygens (including phenoxy) is 1. The van der Waals surface area contributed by atoms with Crippen molar-refractivity contribution in [3.05, 3.63) is 0 Å². The summed E-state index contributed by atoms with van der Waals surface area (Å²) >= 11 is 0. The Labute approximate surface area is 102 Å². The van der Waals surface area contributed by atoms with Gasteiger partial charge in [-0.3, -0.25) is 4.79 Å². The molecule has 0 aromatic rings. The highest BCUT2D eigenvalue weighted by molar-refractivity contribution is 5.82. The molecule has 3 saturated heterocycles. The standard InChI is InChI=1S/C13H21NO3/c1-8-2-5-12(17-8)13(16)14-9-3-4-10(14)7-11(15)6-9/h8-12,15H,2-7H2,1H3. The molecule has 3 fully saturated rings.